The van der Waals surface area contributed by atoms with E-state index in [-0.39, 0.29) is 0 Å². The Kier molecular flexibility index (Phi) is 3.27. The molecule has 0 aliphatic carbocycles. The molecule has 1 unspecified atom stereocenters. The Morgan fingerprint density at radius 1 is 1.24 bits per heavy atom. The van der Waals surface area contributed by atoms with Crippen molar-refractivity contribution in [3.8, 4) is 11.5 Å². The largest absolute Gasteiger partial charge is 0.454 e. The average Bonchev–Trinajstić information content (AvgIpc) is 2.99. The van der Waals surface area contributed by atoms with Gasteiger partial charge < -0.3 is 19.5 Å². The van der Waals surface area contributed by atoms with E-state index in [4.69, 9.17) is 14.2 Å². The van der Waals surface area contributed by atoms with Crippen LogP contribution in [0.1, 0.15) is 12.8 Å². The number of hydrogen-bond acceptors (Lipinski definition) is 5. The first-order valence-corrected chi connectivity index (χ1v) is 7.40. The first-order chi connectivity index (χ1) is 10.4. The van der Waals surface area contributed by atoms with Gasteiger partial charge in [-0.25, -0.2) is 4.98 Å². The quantitative estimate of drug-likeness (QED) is 0.940. The Morgan fingerprint density at radius 3 is 3.00 bits per heavy atom. The normalized spacial score (nSPS) is 20.7. The van der Waals surface area contributed by atoms with Crippen LogP contribution in [-0.2, 0) is 4.74 Å². The van der Waals surface area contributed by atoms with E-state index in [9.17, 15) is 0 Å². The van der Waals surface area contributed by atoms with Crippen LogP contribution < -0.4 is 14.8 Å². The van der Waals surface area contributed by atoms with E-state index < -0.39 is 0 Å². The molecule has 21 heavy (non-hydrogen) atoms. The van der Waals surface area contributed by atoms with Crippen LogP contribution in [0.4, 0.5) is 5.82 Å². The summed E-state index contributed by atoms with van der Waals surface area (Å²) < 4.78 is 16.4. The molecule has 0 bridgehead atoms. The van der Waals surface area contributed by atoms with Gasteiger partial charge in [0.05, 0.1) is 6.61 Å². The standard InChI is InChI=1S/C16H18N2O3/c1-2-11(9-19-5-1)8-18-16-13-7-15-14(20-10-21-15)6-12(13)3-4-17-16/h3-4,6-7,11H,1-2,5,8-10H2,(H,17,18). The number of aromatic nitrogens is 1. The van der Waals surface area contributed by atoms with E-state index in [2.05, 4.69) is 10.3 Å². The van der Waals surface area contributed by atoms with Crippen molar-refractivity contribution >= 4 is 16.6 Å². The Balaban J connectivity index is 1.59. The van der Waals surface area contributed by atoms with Gasteiger partial charge in [0.15, 0.2) is 11.5 Å². The molecule has 0 amide bonds. The van der Waals surface area contributed by atoms with Crippen LogP contribution in [0.15, 0.2) is 24.4 Å². The van der Waals surface area contributed by atoms with Crippen LogP contribution in [0.5, 0.6) is 11.5 Å². The SMILES string of the molecule is c1cc2cc3c(cc2c(NCC2CCCOC2)n1)OCO3. The molecule has 0 saturated carbocycles. The van der Waals surface area contributed by atoms with E-state index in [1.54, 1.807) is 0 Å². The molecule has 5 nitrogen and oxygen atoms in total. The van der Waals surface area contributed by atoms with Gasteiger partial charge in [0, 0.05) is 24.7 Å². The second kappa shape index (κ2) is 5.41. The van der Waals surface area contributed by atoms with Crippen LogP contribution in [-0.4, -0.2) is 31.5 Å². The van der Waals surface area contributed by atoms with E-state index >= 15 is 0 Å². The lowest BCUT2D eigenvalue weighted by atomic mass is 10.0. The van der Waals surface area contributed by atoms with Crippen molar-refractivity contribution in [2.45, 2.75) is 12.8 Å². The number of nitrogens with zero attached hydrogens (tertiary/aromatic N) is 1. The number of fused-ring (bicyclic) bond motifs is 2. The zero-order valence-electron chi connectivity index (χ0n) is 11.8. The highest BCUT2D eigenvalue weighted by molar-refractivity contribution is 5.94. The predicted octanol–water partition coefficient (Wildman–Crippen LogP) is 2.80. The van der Waals surface area contributed by atoms with Crippen LogP contribution in [0, 0.1) is 5.92 Å². The molecule has 1 saturated heterocycles. The predicted molar refractivity (Wildman–Crippen MR) is 79.9 cm³/mol. The fourth-order valence-corrected chi connectivity index (χ4v) is 2.91. The lowest BCUT2D eigenvalue weighted by molar-refractivity contribution is 0.0595. The van der Waals surface area contributed by atoms with Gasteiger partial charge in [0.2, 0.25) is 6.79 Å². The maximum Gasteiger partial charge on any atom is 0.231 e. The summed E-state index contributed by atoms with van der Waals surface area (Å²) in [5.74, 6) is 3.06. The number of rotatable bonds is 3. The third-order valence-corrected chi connectivity index (χ3v) is 4.07. The summed E-state index contributed by atoms with van der Waals surface area (Å²) in [6.45, 7) is 2.92. The van der Waals surface area contributed by atoms with Crippen molar-refractivity contribution in [3.63, 3.8) is 0 Å². The molecule has 2 aromatic rings. The first-order valence-electron chi connectivity index (χ1n) is 7.40. The molecular formula is C16H18N2O3. The maximum absolute atomic E-state index is 5.52. The molecule has 4 rings (SSSR count). The van der Waals surface area contributed by atoms with Crippen LogP contribution in [0.3, 0.4) is 0 Å². The summed E-state index contributed by atoms with van der Waals surface area (Å²) in [6.07, 6.45) is 4.18. The van der Waals surface area contributed by atoms with Gasteiger partial charge in [-0.2, -0.15) is 0 Å². The summed E-state index contributed by atoms with van der Waals surface area (Å²) in [5.41, 5.74) is 0. The van der Waals surface area contributed by atoms with Gasteiger partial charge in [0.25, 0.3) is 0 Å². The Hall–Kier alpha value is -2.01. The molecule has 2 aliphatic rings. The lowest BCUT2D eigenvalue weighted by Crippen LogP contribution is -2.24. The highest BCUT2D eigenvalue weighted by atomic mass is 16.7. The minimum atomic E-state index is 0.293. The molecular weight excluding hydrogens is 268 g/mol. The first kappa shape index (κ1) is 12.7. The van der Waals surface area contributed by atoms with Crippen molar-refractivity contribution in [1.82, 2.24) is 4.98 Å². The number of pyridine rings is 1. The fourth-order valence-electron chi connectivity index (χ4n) is 2.91. The van der Waals surface area contributed by atoms with Crippen molar-refractivity contribution in [3.05, 3.63) is 24.4 Å². The molecule has 1 fully saturated rings. The van der Waals surface area contributed by atoms with Crippen molar-refractivity contribution < 1.29 is 14.2 Å². The van der Waals surface area contributed by atoms with Gasteiger partial charge in [0.1, 0.15) is 5.82 Å². The molecule has 110 valence electrons. The molecule has 1 aromatic heterocycles. The van der Waals surface area contributed by atoms with E-state index in [0.717, 1.165) is 54.3 Å². The lowest BCUT2D eigenvalue weighted by Gasteiger charge is -2.22. The minimum Gasteiger partial charge on any atom is -0.454 e. The zero-order valence-corrected chi connectivity index (χ0v) is 11.8. The Morgan fingerprint density at radius 2 is 2.14 bits per heavy atom. The van der Waals surface area contributed by atoms with Crippen molar-refractivity contribution in [2.24, 2.45) is 5.92 Å². The topological polar surface area (TPSA) is 52.6 Å². The van der Waals surface area contributed by atoms with E-state index in [1.165, 1.54) is 6.42 Å². The molecule has 1 N–H and O–H groups in total. The molecule has 1 aromatic carbocycles. The second-order valence-corrected chi connectivity index (χ2v) is 5.55. The van der Waals surface area contributed by atoms with Crippen LogP contribution in [0.2, 0.25) is 0 Å². The smallest absolute Gasteiger partial charge is 0.231 e. The van der Waals surface area contributed by atoms with Gasteiger partial charge in [-0.3, -0.25) is 0 Å². The monoisotopic (exact) mass is 286 g/mol. The summed E-state index contributed by atoms with van der Waals surface area (Å²) in [5, 5.41) is 5.64. The van der Waals surface area contributed by atoms with Crippen LogP contribution in [0.25, 0.3) is 10.8 Å². The van der Waals surface area contributed by atoms with Gasteiger partial charge in [-0.05, 0) is 42.3 Å². The van der Waals surface area contributed by atoms with Gasteiger partial charge in [-0.1, -0.05) is 0 Å². The third-order valence-electron chi connectivity index (χ3n) is 4.07. The Labute approximate surface area is 123 Å². The zero-order chi connectivity index (χ0) is 14.1. The Bertz CT molecular complexity index is 653. The van der Waals surface area contributed by atoms with Crippen molar-refractivity contribution in [1.29, 1.82) is 0 Å². The number of anilines is 1. The van der Waals surface area contributed by atoms with Crippen LogP contribution >= 0.6 is 0 Å². The number of benzene rings is 1. The average molecular weight is 286 g/mol. The summed E-state index contributed by atoms with van der Waals surface area (Å²) in [6, 6.07) is 6.00. The summed E-state index contributed by atoms with van der Waals surface area (Å²) in [7, 11) is 0. The van der Waals surface area contributed by atoms with E-state index in [1.807, 2.05) is 24.4 Å². The number of nitrogens with one attached hydrogen (secondary N) is 1. The highest BCUT2D eigenvalue weighted by Gasteiger charge is 2.17. The molecule has 3 heterocycles. The van der Waals surface area contributed by atoms with Gasteiger partial charge in [-0.15, -0.1) is 0 Å². The number of ether oxygens (including phenoxy) is 3. The van der Waals surface area contributed by atoms with Crippen molar-refractivity contribution in [2.75, 3.05) is 31.9 Å². The molecule has 1 atom stereocenters. The maximum atomic E-state index is 5.52. The molecule has 0 radical (unpaired) electrons. The highest BCUT2D eigenvalue weighted by Crippen LogP contribution is 2.37. The summed E-state index contributed by atoms with van der Waals surface area (Å²) in [4.78, 5) is 4.47. The fraction of sp³-hybridized carbons (Fsp3) is 0.438. The third kappa shape index (κ3) is 2.49. The molecule has 0 spiro atoms. The van der Waals surface area contributed by atoms with E-state index in [0.29, 0.717) is 12.7 Å². The second-order valence-electron chi connectivity index (χ2n) is 5.55. The molecule has 2 aliphatic heterocycles. The minimum absolute atomic E-state index is 0.293. The number of hydrogen-bond donors (Lipinski definition) is 1. The molecule has 5 heteroatoms. The van der Waals surface area contributed by atoms with Gasteiger partial charge >= 0.3 is 0 Å². The summed E-state index contributed by atoms with van der Waals surface area (Å²) >= 11 is 0.